The molecule has 1 aliphatic carbocycles. The molecular weight excluding hydrogens is 316 g/mol. The monoisotopic (exact) mass is 338 g/mol. The van der Waals surface area contributed by atoms with Gasteiger partial charge in [-0.05, 0) is 31.0 Å². The number of hydrogen-bond donors (Lipinski definition) is 2. The lowest BCUT2D eigenvalue weighted by atomic mass is 10.1. The standard InChI is InChI=1S/C20H22N2O3/c1-13-5-3-6-14(9-13)12-21-19(23)17-11-18(17)20(24)22-15-7-4-8-16(10-15)25-2/h3-10,17-18H,11-12H2,1-2H3,(H,21,23)(H,22,24). The van der Waals surface area contributed by atoms with Crippen LogP contribution in [0.5, 0.6) is 5.75 Å². The summed E-state index contributed by atoms with van der Waals surface area (Å²) in [6.45, 7) is 2.51. The third kappa shape index (κ3) is 4.38. The van der Waals surface area contributed by atoms with Crippen LogP contribution >= 0.6 is 0 Å². The molecule has 1 saturated carbocycles. The Morgan fingerprint density at radius 1 is 1.08 bits per heavy atom. The Kier molecular flexibility index (Phi) is 5.03. The van der Waals surface area contributed by atoms with Gasteiger partial charge in [-0.3, -0.25) is 9.59 Å². The van der Waals surface area contributed by atoms with Crippen molar-refractivity contribution < 1.29 is 14.3 Å². The van der Waals surface area contributed by atoms with Gasteiger partial charge in [0.25, 0.3) is 0 Å². The number of carbonyl (C=O) groups is 2. The maximum Gasteiger partial charge on any atom is 0.228 e. The number of anilines is 1. The predicted octanol–water partition coefficient (Wildman–Crippen LogP) is 2.89. The lowest BCUT2D eigenvalue weighted by molar-refractivity contribution is -0.125. The number of amides is 2. The molecule has 1 aliphatic rings. The minimum atomic E-state index is -0.260. The Bertz CT molecular complexity index is 788. The molecule has 0 heterocycles. The van der Waals surface area contributed by atoms with E-state index in [9.17, 15) is 9.59 Å². The number of carbonyl (C=O) groups excluding carboxylic acids is 2. The fourth-order valence-electron chi connectivity index (χ4n) is 2.85. The fraction of sp³-hybridized carbons (Fsp3) is 0.300. The van der Waals surface area contributed by atoms with Gasteiger partial charge < -0.3 is 15.4 Å². The van der Waals surface area contributed by atoms with E-state index in [1.165, 1.54) is 0 Å². The zero-order valence-electron chi connectivity index (χ0n) is 14.4. The summed E-state index contributed by atoms with van der Waals surface area (Å²) in [6.07, 6.45) is 0.593. The molecule has 3 rings (SSSR count). The van der Waals surface area contributed by atoms with Gasteiger partial charge >= 0.3 is 0 Å². The molecule has 1 fully saturated rings. The van der Waals surface area contributed by atoms with Gasteiger partial charge in [-0.25, -0.2) is 0 Å². The molecule has 5 nitrogen and oxygen atoms in total. The highest BCUT2D eigenvalue weighted by Gasteiger charge is 2.47. The number of hydrogen-bond acceptors (Lipinski definition) is 3. The average molecular weight is 338 g/mol. The zero-order valence-corrected chi connectivity index (χ0v) is 14.4. The smallest absolute Gasteiger partial charge is 0.228 e. The summed E-state index contributed by atoms with van der Waals surface area (Å²) in [5, 5.41) is 5.76. The Morgan fingerprint density at radius 3 is 2.60 bits per heavy atom. The van der Waals surface area contributed by atoms with Crippen LogP contribution in [-0.2, 0) is 16.1 Å². The van der Waals surface area contributed by atoms with Crippen LogP contribution in [0.1, 0.15) is 17.5 Å². The first-order chi connectivity index (χ1) is 12.1. The van der Waals surface area contributed by atoms with Crippen LogP contribution in [0.2, 0.25) is 0 Å². The molecule has 0 aromatic heterocycles. The molecule has 2 unspecified atom stereocenters. The molecule has 0 saturated heterocycles. The van der Waals surface area contributed by atoms with Gasteiger partial charge in [-0.15, -0.1) is 0 Å². The number of nitrogens with one attached hydrogen (secondary N) is 2. The van der Waals surface area contributed by atoms with E-state index < -0.39 is 0 Å². The van der Waals surface area contributed by atoms with Crippen molar-refractivity contribution >= 4 is 17.5 Å². The number of ether oxygens (including phenoxy) is 1. The van der Waals surface area contributed by atoms with E-state index in [2.05, 4.69) is 10.6 Å². The molecule has 25 heavy (non-hydrogen) atoms. The van der Waals surface area contributed by atoms with E-state index in [4.69, 9.17) is 4.74 Å². The van der Waals surface area contributed by atoms with E-state index in [-0.39, 0.29) is 23.7 Å². The van der Waals surface area contributed by atoms with Gasteiger partial charge in [0, 0.05) is 18.3 Å². The van der Waals surface area contributed by atoms with Crippen molar-refractivity contribution in [2.24, 2.45) is 11.8 Å². The molecule has 2 atom stereocenters. The van der Waals surface area contributed by atoms with Crippen LogP contribution in [0.3, 0.4) is 0 Å². The Balaban J connectivity index is 1.49. The Labute approximate surface area is 147 Å². The molecule has 0 bridgehead atoms. The highest BCUT2D eigenvalue weighted by molar-refractivity contribution is 5.99. The highest BCUT2D eigenvalue weighted by Crippen LogP contribution is 2.39. The summed E-state index contributed by atoms with van der Waals surface area (Å²) in [5.74, 6) is -0.00331. The second kappa shape index (κ2) is 7.38. The molecule has 2 amide bonds. The van der Waals surface area contributed by atoms with Crippen LogP contribution in [0.15, 0.2) is 48.5 Å². The molecule has 5 heteroatoms. The van der Waals surface area contributed by atoms with E-state index in [0.29, 0.717) is 24.4 Å². The van der Waals surface area contributed by atoms with Crippen molar-refractivity contribution in [3.8, 4) is 5.75 Å². The number of methoxy groups -OCH3 is 1. The summed E-state index contributed by atoms with van der Waals surface area (Å²) in [7, 11) is 1.58. The highest BCUT2D eigenvalue weighted by atomic mass is 16.5. The fourth-order valence-corrected chi connectivity index (χ4v) is 2.85. The quantitative estimate of drug-likeness (QED) is 0.851. The molecule has 130 valence electrons. The maximum absolute atomic E-state index is 12.3. The molecule has 2 aromatic rings. The summed E-state index contributed by atoms with van der Waals surface area (Å²) < 4.78 is 5.14. The van der Waals surface area contributed by atoms with E-state index >= 15 is 0 Å². The predicted molar refractivity (Wildman–Crippen MR) is 96.2 cm³/mol. The third-order valence-electron chi connectivity index (χ3n) is 4.35. The van der Waals surface area contributed by atoms with E-state index in [1.54, 1.807) is 19.2 Å². The molecule has 0 spiro atoms. The normalized spacial score (nSPS) is 18.3. The number of rotatable bonds is 6. The zero-order chi connectivity index (χ0) is 17.8. The summed E-state index contributed by atoms with van der Waals surface area (Å²) in [6, 6.07) is 15.2. The maximum atomic E-state index is 12.3. The molecule has 2 N–H and O–H groups in total. The SMILES string of the molecule is COc1cccc(NC(=O)C2CC2C(=O)NCc2cccc(C)c2)c1. The Hall–Kier alpha value is -2.82. The lowest BCUT2D eigenvalue weighted by Gasteiger charge is -2.08. The van der Waals surface area contributed by atoms with Gasteiger partial charge in [-0.2, -0.15) is 0 Å². The second-order valence-corrected chi connectivity index (χ2v) is 6.38. The van der Waals surface area contributed by atoms with Crippen LogP contribution in [-0.4, -0.2) is 18.9 Å². The van der Waals surface area contributed by atoms with E-state index in [0.717, 1.165) is 11.1 Å². The average Bonchev–Trinajstić information content (AvgIpc) is 3.41. The molecular formula is C20H22N2O3. The van der Waals surface area contributed by atoms with Crippen molar-refractivity contribution in [3.05, 3.63) is 59.7 Å². The van der Waals surface area contributed by atoms with Crippen LogP contribution in [0, 0.1) is 18.8 Å². The minimum Gasteiger partial charge on any atom is -0.497 e. The van der Waals surface area contributed by atoms with Gasteiger partial charge in [0.05, 0.1) is 18.9 Å². The van der Waals surface area contributed by atoms with Gasteiger partial charge in [-0.1, -0.05) is 35.9 Å². The minimum absolute atomic E-state index is 0.0627. The first-order valence-corrected chi connectivity index (χ1v) is 8.35. The third-order valence-corrected chi connectivity index (χ3v) is 4.35. The van der Waals surface area contributed by atoms with Gasteiger partial charge in [0.2, 0.25) is 11.8 Å². The van der Waals surface area contributed by atoms with Crippen molar-refractivity contribution in [2.45, 2.75) is 19.9 Å². The van der Waals surface area contributed by atoms with E-state index in [1.807, 2.05) is 43.3 Å². The lowest BCUT2D eigenvalue weighted by Crippen LogP contribution is -2.27. The van der Waals surface area contributed by atoms with Gasteiger partial charge in [0.1, 0.15) is 5.75 Å². The first kappa shape index (κ1) is 17.0. The Morgan fingerprint density at radius 2 is 1.84 bits per heavy atom. The number of aryl methyl sites for hydroxylation is 1. The first-order valence-electron chi connectivity index (χ1n) is 8.35. The topological polar surface area (TPSA) is 67.4 Å². The van der Waals surface area contributed by atoms with Crippen LogP contribution < -0.4 is 15.4 Å². The molecule has 0 radical (unpaired) electrons. The van der Waals surface area contributed by atoms with Crippen LogP contribution in [0.4, 0.5) is 5.69 Å². The van der Waals surface area contributed by atoms with Crippen molar-refractivity contribution in [1.82, 2.24) is 5.32 Å². The molecule has 0 aliphatic heterocycles. The molecule has 2 aromatic carbocycles. The summed E-state index contributed by atoms with van der Waals surface area (Å²) in [4.78, 5) is 24.5. The van der Waals surface area contributed by atoms with Gasteiger partial charge in [0.15, 0.2) is 0 Å². The number of benzene rings is 2. The van der Waals surface area contributed by atoms with Crippen molar-refractivity contribution in [1.29, 1.82) is 0 Å². The summed E-state index contributed by atoms with van der Waals surface area (Å²) in [5.41, 5.74) is 2.90. The van der Waals surface area contributed by atoms with Crippen molar-refractivity contribution in [2.75, 3.05) is 12.4 Å². The largest absolute Gasteiger partial charge is 0.497 e. The van der Waals surface area contributed by atoms with Crippen molar-refractivity contribution in [3.63, 3.8) is 0 Å². The van der Waals surface area contributed by atoms with Crippen LogP contribution in [0.25, 0.3) is 0 Å². The summed E-state index contributed by atoms with van der Waals surface area (Å²) >= 11 is 0. The second-order valence-electron chi connectivity index (χ2n) is 6.38.